The molecular formula is C14H14NO3P. The SMILES string of the molecule is NC(=O)C(O)P(=O)(c1ccccc1)c1ccccc1. The molecule has 0 aliphatic carbocycles. The summed E-state index contributed by atoms with van der Waals surface area (Å²) >= 11 is 0. The first kappa shape index (κ1) is 13.5. The van der Waals surface area contributed by atoms with E-state index in [1.54, 1.807) is 60.7 Å². The minimum absolute atomic E-state index is 0.410. The first-order chi connectivity index (χ1) is 9.06. The quantitative estimate of drug-likeness (QED) is 0.810. The number of amides is 1. The van der Waals surface area contributed by atoms with Crippen LogP contribution in [-0.4, -0.2) is 16.9 Å². The van der Waals surface area contributed by atoms with Crippen LogP contribution >= 0.6 is 7.14 Å². The molecule has 19 heavy (non-hydrogen) atoms. The van der Waals surface area contributed by atoms with Crippen molar-refractivity contribution in [3.8, 4) is 0 Å². The number of rotatable bonds is 4. The lowest BCUT2D eigenvalue weighted by atomic mass is 10.4. The minimum atomic E-state index is -3.49. The van der Waals surface area contributed by atoms with E-state index < -0.39 is 18.9 Å². The Balaban J connectivity index is 2.65. The molecule has 1 amide bonds. The van der Waals surface area contributed by atoms with Crippen LogP contribution in [0.3, 0.4) is 0 Å². The summed E-state index contributed by atoms with van der Waals surface area (Å²) in [7, 11) is -3.49. The van der Waals surface area contributed by atoms with E-state index in [-0.39, 0.29) is 0 Å². The fourth-order valence-corrected chi connectivity index (χ4v) is 4.36. The van der Waals surface area contributed by atoms with Crippen molar-refractivity contribution in [2.75, 3.05) is 0 Å². The molecular weight excluding hydrogens is 261 g/mol. The van der Waals surface area contributed by atoms with Crippen LogP contribution in [-0.2, 0) is 9.36 Å². The van der Waals surface area contributed by atoms with E-state index in [1.807, 2.05) is 0 Å². The van der Waals surface area contributed by atoms with Gasteiger partial charge in [-0.3, -0.25) is 4.79 Å². The van der Waals surface area contributed by atoms with Gasteiger partial charge in [0.15, 0.2) is 13.0 Å². The van der Waals surface area contributed by atoms with Gasteiger partial charge in [-0.05, 0) is 0 Å². The van der Waals surface area contributed by atoms with Gasteiger partial charge in [0.2, 0.25) is 0 Å². The van der Waals surface area contributed by atoms with Crippen LogP contribution in [0.5, 0.6) is 0 Å². The molecule has 2 rings (SSSR count). The first-order valence-corrected chi connectivity index (χ1v) is 7.53. The van der Waals surface area contributed by atoms with Gasteiger partial charge < -0.3 is 15.4 Å². The summed E-state index contributed by atoms with van der Waals surface area (Å²) in [4.78, 5) is 11.3. The molecule has 0 aromatic heterocycles. The van der Waals surface area contributed by atoms with Crippen LogP contribution < -0.4 is 16.3 Å². The summed E-state index contributed by atoms with van der Waals surface area (Å²) in [6.07, 6.45) is 0. The molecule has 0 saturated heterocycles. The summed E-state index contributed by atoms with van der Waals surface area (Å²) in [6.45, 7) is 0. The molecule has 0 heterocycles. The van der Waals surface area contributed by atoms with Crippen molar-refractivity contribution in [2.24, 2.45) is 5.73 Å². The highest BCUT2D eigenvalue weighted by Gasteiger charge is 2.38. The highest BCUT2D eigenvalue weighted by molar-refractivity contribution is 7.79. The lowest BCUT2D eigenvalue weighted by molar-refractivity contribution is -0.122. The van der Waals surface area contributed by atoms with Crippen LogP contribution in [0.25, 0.3) is 0 Å². The van der Waals surface area contributed by atoms with Gasteiger partial charge in [0.25, 0.3) is 5.91 Å². The predicted octanol–water partition coefficient (Wildman–Crippen LogP) is 0.804. The Labute approximate surface area is 111 Å². The van der Waals surface area contributed by atoms with Crippen molar-refractivity contribution in [3.63, 3.8) is 0 Å². The summed E-state index contributed by atoms with van der Waals surface area (Å²) in [6, 6.07) is 16.9. The van der Waals surface area contributed by atoms with Gasteiger partial charge in [0, 0.05) is 10.6 Å². The molecule has 1 unspecified atom stereocenters. The van der Waals surface area contributed by atoms with Crippen LogP contribution in [0.15, 0.2) is 60.7 Å². The lowest BCUT2D eigenvalue weighted by Crippen LogP contribution is -2.35. The average molecular weight is 275 g/mol. The normalized spacial score (nSPS) is 12.9. The van der Waals surface area contributed by atoms with Gasteiger partial charge in [-0.1, -0.05) is 60.7 Å². The highest BCUT2D eigenvalue weighted by Crippen LogP contribution is 2.47. The fraction of sp³-hybridized carbons (Fsp3) is 0.0714. The maximum Gasteiger partial charge on any atom is 0.254 e. The summed E-state index contributed by atoms with van der Waals surface area (Å²) in [5.41, 5.74) is 5.14. The molecule has 1 atom stereocenters. The third-order valence-corrected chi connectivity index (χ3v) is 5.95. The van der Waals surface area contributed by atoms with Crippen LogP contribution in [0.2, 0.25) is 0 Å². The molecule has 0 fully saturated rings. The van der Waals surface area contributed by atoms with Crippen molar-refractivity contribution in [1.82, 2.24) is 0 Å². The molecule has 0 aliphatic heterocycles. The van der Waals surface area contributed by atoms with Crippen molar-refractivity contribution < 1.29 is 14.5 Å². The Kier molecular flexibility index (Phi) is 3.84. The van der Waals surface area contributed by atoms with Gasteiger partial charge in [0.05, 0.1) is 0 Å². The van der Waals surface area contributed by atoms with Crippen molar-refractivity contribution in [2.45, 2.75) is 5.85 Å². The minimum Gasteiger partial charge on any atom is -0.376 e. The van der Waals surface area contributed by atoms with Gasteiger partial charge in [-0.2, -0.15) is 0 Å². The number of primary amides is 1. The standard InChI is InChI=1S/C14H14NO3P/c15-13(16)14(17)19(18,11-7-3-1-4-8-11)12-9-5-2-6-10-12/h1-10,14,17H,(H2,15,16). The van der Waals surface area contributed by atoms with Crippen molar-refractivity contribution in [1.29, 1.82) is 0 Å². The van der Waals surface area contributed by atoms with Gasteiger partial charge in [0.1, 0.15) is 0 Å². The molecule has 0 radical (unpaired) electrons. The van der Waals surface area contributed by atoms with E-state index in [9.17, 15) is 14.5 Å². The zero-order chi connectivity index (χ0) is 13.9. The number of carbonyl (C=O) groups is 1. The molecule has 98 valence electrons. The van der Waals surface area contributed by atoms with Crippen molar-refractivity contribution in [3.05, 3.63) is 60.7 Å². The Morgan fingerprint density at radius 2 is 1.32 bits per heavy atom. The zero-order valence-electron chi connectivity index (χ0n) is 10.1. The second kappa shape index (κ2) is 5.39. The van der Waals surface area contributed by atoms with Crippen molar-refractivity contribution >= 4 is 23.7 Å². The number of aliphatic hydroxyl groups is 1. The second-order valence-corrected chi connectivity index (χ2v) is 6.94. The third-order valence-electron chi connectivity index (χ3n) is 2.88. The van der Waals surface area contributed by atoms with Gasteiger partial charge >= 0.3 is 0 Å². The van der Waals surface area contributed by atoms with E-state index >= 15 is 0 Å². The van der Waals surface area contributed by atoms with Gasteiger partial charge in [-0.15, -0.1) is 0 Å². The zero-order valence-corrected chi connectivity index (χ0v) is 11.0. The first-order valence-electron chi connectivity index (χ1n) is 5.75. The molecule has 0 spiro atoms. The Morgan fingerprint density at radius 3 is 1.63 bits per heavy atom. The third kappa shape index (κ3) is 2.46. The van der Waals surface area contributed by atoms with Crippen LogP contribution in [0.1, 0.15) is 0 Å². The second-order valence-electron chi connectivity index (χ2n) is 4.11. The predicted molar refractivity (Wildman–Crippen MR) is 75.0 cm³/mol. The smallest absolute Gasteiger partial charge is 0.254 e. The number of hydrogen-bond acceptors (Lipinski definition) is 3. The maximum atomic E-state index is 13.2. The molecule has 0 aliphatic rings. The van der Waals surface area contributed by atoms with E-state index in [0.717, 1.165) is 0 Å². The number of benzene rings is 2. The molecule has 0 bridgehead atoms. The van der Waals surface area contributed by atoms with E-state index in [1.165, 1.54) is 0 Å². The Bertz CT molecular complexity index is 570. The summed E-state index contributed by atoms with van der Waals surface area (Å²) in [5, 5.41) is 10.8. The summed E-state index contributed by atoms with van der Waals surface area (Å²) in [5.74, 6) is -2.71. The molecule has 0 saturated carbocycles. The van der Waals surface area contributed by atoms with Crippen LogP contribution in [0, 0.1) is 0 Å². The highest BCUT2D eigenvalue weighted by atomic mass is 31.2. The molecule has 3 N–H and O–H groups in total. The lowest BCUT2D eigenvalue weighted by Gasteiger charge is -2.22. The van der Waals surface area contributed by atoms with Gasteiger partial charge in [-0.25, -0.2) is 0 Å². The Morgan fingerprint density at radius 1 is 0.947 bits per heavy atom. The maximum absolute atomic E-state index is 13.2. The monoisotopic (exact) mass is 275 g/mol. The number of aliphatic hydroxyl groups excluding tert-OH is 1. The topological polar surface area (TPSA) is 80.4 Å². The molecule has 4 nitrogen and oxygen atoms in total. The van der Waals surface area contributed by atoms with E-state index in [4.69, 9.17) is 5.73 Å². The largest absolute Gasteiger partial charge is 0.376 e. The van der Waals surface area contributed by atoms with Crippen LogP contribution in [0.4, 0.5) is 0 Å². The number of carbonyl (C=O) groups excluding carboxylic acids is 1. The number of hydrogen-bond donors (Lipinski definition) is 2. The average Bonchev–Trinajstić information content (AvgIpc) is 2.47. The molecule has 2 aromatic rings. The van der Waals surface area contributed by atoms with E-state index in [0.29, 0.717) is 10.6 Å². The Hall–Kier alpha value is -1.90. The number of nitrogens with two attached hydrogens (primary N) is 1. The van der Waals surface area contributed by atoms with E-state index in [2.05, 4.69) is 0 Å². The molecule has 2 aromatic carbocycles. The summed E-state index contributed by atoms with van der Waals surface area (Å²) < 4.78 is 13.2. The fourth-order valence-electron chi connectivity index (χ4n) is 1.91. The molecule has 5 heteroatoms.